The SMILES string of the molecule is C#CCOC(=O)NC(C)C(=O)OCCCCCCCCCCCCC. The molecular formula is C20H35NO4. The molecule has 25 heavy (non-hydrogen) atoms. The van der Waals surface area contributed by atoms with Crippen LogP contribution < -0.4 is 5.32 Å². The third kappa shape index (κ3) is 15.6. The average molecular weight is 354 g/mol. The standard InChI is InChI=1S/C20H35NO4/c1-4-6-7-8-9-10-11-12-13-14-15-17-24-19(22)18(3)21-20(23)25-16-5-2/h2,18H,4,6-17H2,1,3H3,(H,21,23). The molecule has 0 aromatic heterocycles. The van der Waals surface area contributed by atoms with Crippen molar-refractivity contribution >= 4 is 12.1 Å². The van der Waals surface area contributed by atoms with Crippen molar-refractivity contribution in [2.45, 2.75) is 90.5 Å². The van der Waals surface area contributed by atoms with Crippen molar-refractivity contribution in [3.63, 3.8) is 0 Å². The maximum Gasteiger partial charge on any atom is 0.408 e. The second-order valence-electron chi connectivity index (χ2n) is 6.35. The predicted octanol–water partition coefficient (Wildman–Crippen LogP) is 4.59. The van der Waals surface area contributed by atoms with Gasteiger partial charge >= 0.3 is 12.1 Å². The predicted molar refractivity (Wildman–Crippen MR) is 100 cm³/mol. The Labute approximate surface area is 153 Å². The fourth-order valence-corrected chi connectivity index (χ4v) is 2.45. The van der Waals surface area contributed by atoms with Gasteiger partial charge in [-0.3, -0.25) is 0 Å². The van der Waals surface area contributed by atoms with Crippen molar-refractivity contribution in [3.8, 4) is 12.3 Å². The summed E-state index contributed by atoms with van der Waals surface area (Å²) in [5.41, 5.74) is 0. The molecule has 0 fully saturated rings. The molecule has 0 spiro atoms. The molecule has 0 saturated carbocycles. The van der Waals surface area contributed by atoms with Gasteiger partial charge in [-0.15, -0.1) is 6.42 Å². The molecule has 1 unspecified atom stereocenters. The first-order chi connectivity index (χ1) is 12.1. The van der Waals surface area contributed by atoms with E-state index in [1.54, 1.807) is 6.92 Å². The van der Waals surface area contributed by atoms with E-state index in [-0.39, 0.29) is 6.61 Å². The zero-order valence-corrected chi connectivity index (χ0v) is 16.0. The molecule has 0 heterocycles. The minimum absolute atomic E-state index is 0.119. The van der Waals surface area contributed by atoms with E-state index in [1.165, 1.54) is 57.8 Å². The van der Waals surface area contributed by atoms with Crippen LogP contribution in [0.4, 0.5) is 4.79 Å². The van der Waals surface area contributed by atoms with Gasteiger partial charge in [-0.25, -0.2) is 9.59 Å². The Hall–Kier alpha value is -1.70. The number of rotatable bonds is 15. The summed E-state index contributed by atoms with van der Waals surface area (Å²) in [5, 5.41) is 2.38. The molecule has 0 aliphatic carbocycles. The summed E-state index contributed by atoms with van der Waals surface area (Å²) in [5.74, 6) is 1.73. The van der Waals surface area contributed by atoms with Crippen molar-refractivity contribution in [2.24, 2.45) is 0 Å². The van der Waals surface area contributed by atoms with Crippen LogP contribution in [-0.4, -0.2) is 31.3 Å². The van der Waals surface area contributed by atoms with E-state index in [0.29, 0.717) is 6.61 Å². The van der Waals surface area contributed by atoms with Gasteiger partial charge in [0.05, 0.1) is 6.61 Å². The van der Waals surface area contributed by atoms with Gasteiger partial charge in [-0.1, -0.05) is 77.1 Å². The topological polar surface area (TPSA) is 64.6 Å². The number of terminal acetylenes is 1. The van der Waals surface area contributed by atoms with Gasteiger partial charge in [0.2, 0.25) is 0 Å². The lowest BCUT2D eigenvalue weighted by molar-refractivity contribution is -0.145. The lowest BCUT2D eigenvalue weighted by atomic mass is 10.1. The van der Waals surface area contributed by atoms with Crippen LogP contribution in [0.3, 0.4) is 0 Å². The minimum atomic E-state index is -0.738. The molecule has 144 valence electrons. The summed E-state index contributed by atoms with van der Waals surface area (Å²) in [6, 6.07) is -0.738. The van der Waals surface area contributed by atoms with E-state index in [0.717, 1.165) is 12.8 Å². The number of nitrogens with one attached hydrogen (secondary N) is 1. The number of amides is 1. The summed E-state index contributed by atoms with van der Waals surface area (Å²) in [7, 11) is 0. The summed E-state index contributed by atoms with van der Waals surface area (Å²) >= 11 is 0. The van der Waals surface area contributed by atoms with Crippen LogP contribution in [0, 0.1) is 12.3 Å². The lowest BCUT2D eigenvalue weighted by Gasteiger charge is -2.12. The summed E-state index contributed by atoms with van der Waals surface area (Å²) in [6.07, 6.45) is 18.0. The third-order valence-electron chi connectivity index (χ3n) is 3.97. The van der Waals surface area contributed by atoms with Crippen molar-refractivity contribution in [1.82, 2.24) is 5.32 Å². The van der Waals surface area contributed by atoms with E-state index in [1.807, 2.05) is 0 Å². The van der Waals surface area contributed by atoms with Gasteiger partial charge in [0.15, 0.2) is 6.61 Å². The van der Waals surface area contributed by atoms with Crippen molar-refractivity contribution < 1.29 is 19.1 Å². The largest absolute Gasteiger partial charge is 0.464 e. The molecule has 0 radical (unpaired) electrons. The first-order valence-corrected chi connectivity index (χ1v) is 9.65. The molecule has 5 nitrogen and oxygen atoms in total. The molecule has 0 aliphatic heterocycles. The van der Waals surface area contributed by atoms with E-state index >= 15 is 0 Å². The summed E-state index contributed by atoms with van der Waals surface area (Å²) in [4.78, 5) is 23.0. The Balaban J connectivity index is 3.42. The van der Waals surface area contributed by atoms with Crippen molar-refractivity contribution in [1.29, 1.82) is 0 Å². The molecule has 0 aromatic carbocycles. The maximum absolute atomic E-state index is 11.7. The Morgan fingerprint density at radius 2 is 1.44 bits per heavy atom. The smallest absolute Gasteiger partial charge is 0.408 e. The number of alkyl carbamates (subject to hydrolysis) is 1. The summed E-state index contributed by atoms with van der Waals surface area (Å²) in [6.45, 7) is 4.07. The molecule has 0 rings (SSSR count). The highest BCUT2D eigenvalue weighted by Crippen LogP contribution is 2.11. The number of carbonyl (C=O) groups is 2. The van der Waals surface area contributed by atoms with Crippen LogP contribution in [0.2, 0.25) is 0 Å². The lowest BCUT2D eigenvalue weighted by Crippen LogP contribution is -2.40. The molecule has 0 aromatic rings. The first-order valence-electron chi connectivity index (χ1n) is 9.65. The van der Waals surface area contributed by atoms with E-state index < -0.39 is 18.1 Å². The highest BCUT2D eigenvalue weighted by molar-refractivity contribution is 5.80. The van der Waals surface area contributed by atoms with Crippen LogP contribution in [0.5, 0.6) is 0 Å². The zero-order chi connectivity index (χ0) is 18.8. The molecule has 1 amide bonds. The number of hydrogen-bond donors (Lipinski definition) is 1. The van der Waals surface area contributed by atoms with Crippen molar-refractivity contribution in [2.75, 3.05) is 13.2 Å². The van der Waals surface area contributed by atoms with Crippen LogP contribution in [0.1, 0.15) is 84.5 Å². The second-order valence-corrected chi connectivity index (χ2v) is 6.35. The molecule has 5 heteroatoms. The fourth-order valence-electron chi connectivity index (χ4n) is 2.45. The van der Waals surface area contributed by atoms with E-state index in [2.05, 4.69) is 22.9 Å². The van der Waals surface area contributed by atoms with Gasteiger partial charge in [0, 0.05) is 0 Å². The highest BCUT2D eigenvalue weighted by Gasteiger charge is 2.17. The third-order valence-corrected chi connectivity index (χ3v) is 3.97. The quantitative estimate of drug-likeness (QED) is 0.266. The number of hydrogen-bond acceptors (Lipinski definition) is 4. The van der Waals surface area contributed by atoms with Crippen LogP contribution in [0.25, 0.3) is 0 Å². The van der Waals surface area contributed by atoms with Gasteiger partial charge in [-0.2, -0.15) is 0 Å². The van der Waals surface area contributed by atoms with Crippen LogP contribution >= 0.6 is 0 Å². The van der Waals surface area contributed by atoms with Crippen LogP contribution in [0.15, 0.2) is 0 Å². The minimum Gasteiger partial charge on any atom is -0.464 e. The van der Waals surface area contributed by atoms with E-state index in [9.17, 15) is 9.59 Å². The molecule has 1 N–H and O–H groups in total. The van der Waals surface area contributed by atoms with Gasteiger partial charge in [0.25, 0.3) is 0 Å². The molecule has 1 atom stereocenters. The molecular weight excluding hydrogens is 318 g/mol. The number of carbonyl (C=O) groups excluding carboxylic acids is 2. The number of ether oxygens (including phenoxy) is 2. The summed E-state index contributed by atoms with van der Waals surface area (Å²) < 4.78 is 9.78. The Bertz CT molecular complexity index is 390. The Kier molecular flexibility index (Phi) is 16.0. The maximum atomic E-state index is 11.7. The number of unbranched alkanes of at least 4 members (excludes halogenated alkanes) is 10. The average Bonchev–Trinajstić information content (AvgIpc) is 2.60. The normalized spacial score (nSPS) is 11.4. The first kappa shape index (κ1) is 23.3. The van der Waals surface area contributed by atoms with Gasteiger partial charge < -0.3 is 14.8 Å². The molecule has 0 aliphatic rings. The Morgan fingerprint density at radius 1 is 0.920 bits per heavy atom. The fraction of sp³-hybridized carbons (Fsp3) is 0.800. The van der Waals surface area contributed by atoms with Crippen LogP contribution in [-0.2, 0) is 14.3 Å². The van der Waals surface area contributed by atoms with Gasteiger partial charge in [-0.05, 0) is 13.3 Å². The second kappa shape index (κ2) is 17.1. The molecule has 0 saturated heterocycles. The number of esters is 1. The van der Waals surface area contributed by atoms with Crippen molar-refractivity contribution in [3.05, 3.63) is 0 Å². The molecule has 0 bridgehead atoms. The zero-order valence-electron chi connectivity index (χ0n) is 16.0. The Morgan fingerprint density at radius 3 is 1.96 bits per heavy atom. The highest BCUT2D eigenvalue weighted by atomic mass is 16.6. The van der Waals surface area contributed by atoms with Gasteiger partial charge in [0.1, 0.15) is 6.04 Å². The monoisotopic (exact) mass is 353 g/mol. The van der Waals surface area contributed by atoms with E-state index in [4.69, 9.17) is 11.2 Å².